The van der Waals surface area contributed by atoms with E-state index >= 15 is 0 Å². The molecule has 0 aliphatic carbocycles. The number of piperidine rings is 1. The summed E-state index contributed by atoms with van der Waals surface area (Å²) in [7, 11) is 0. The van der Waals surface area contributed by atoms with Crippen molar-refractivity contribution in [3.05, 3.63) is 53.6 Å². The summed E-state index contributed by atoms with van der Waals surface area (Å²) < 4.78 is 12.9. The van der Waals surface area contributed by atoms with E-state index in [1.54, 1.807) is 6.20 Å². The van der Waals surface area contributed by atoms with E-state index in [-0.39, 0.29) is 36.5 Å². The molecule has 1 atom stereocenters. The first-order valence-corrected chi connectivity index (χ1v) is 8.44. The SMILES string of the molecule is O=C(NCCC(=O)N1CCC[C@H](c2ccn[nH]2)C1)c1ccc(F)cc1. The average Bonchev–Trinajstić information content (AvgIpc) is 3.17. The van der Waals surface area contributed by atoms with Crippen LogP contribution < -0.4 is 5.32 Å². The van der Waals surface area contributed by atoms with Crippen LogP contribution >= 0.6 is 0 Å². The molecule has 25 heavy (non-hydrogen) atoms. The summed E-state index contributed by atoms with van der Waals surface area (Å²) in [6, 6.07) is 7.27. The fourth-order valence-corrected chi connectivity index (χ4v) is 3.10. The summed E-state index contributed by atoms with van der Waals surface area (Å²) in [5.41, 5.74) is 1.44. The summed E-state index contributed by atoms with van der Waals surface area (Å²) >= 11 is 0. The Balaban J connectivity index is 1.45. The molecule has 1 saturated heterocycles. The van der Waals surface area contributed by atoms with Crippen LogP contribution in [0.5, 0.6) is 0 Å². The monoisotopic (exact) mass is 344 g/mol. The fourth-order valence-electron chi connectivity index (χ4n) is 3.10. The van der Waals surface area contributed by atoms with Gasteiger partial charge in [-0.05, 0) is 43.2 Å². The van der Waals surface area contributed by atoms with Crippen molar-refractivity contribution in [2.75, 3.05) is 19.6 Å². The number of amides is 2. The van der Waals surface area contributed by atoms with Crippen LogP contribution in [-0.2, 0) is 4.79 Å². The minimum Gasteiger partial charge on any atom is -0.352 e. The third-order valence-electron chi connectivity index (χ3n) is 4.47. The minimum atomic E-state index is -0.386. The Hall–Kier alpha value is -2.70. The van der Waals surface area contributed by atoms with Gasteiger partial charge < -0.3 is 10.2 Å². The average molecular weight is 344 g/mol. The van der Waals surface area contributed by atoms with Crippen LogP contribution in [0.1, 0.15) is 41.2 Å². The number of aromatic nitrogens is 2. The van der Waals surface area contributed by atoms with Gasteiger partial charge in [-0.25, -0.2) is 4.39 Å². The van der Waals surface area contributed by atoms with Crippen molar-refractivity contribution in [3.8, 4) is 0 Å². The number of likely N-dealkylation sites (tertiary alicyclic amines) is 1. The van der Waals surface area contributed by atoms with Gasteiger partial charge in [-0.15, -0.1) is 0 Å². The molecule has 0 saturated carbocycles. The highest BCUT2D eigenvalue weighted by Crippen LogP contribution is 2.25. The Morgan fingerprint density at radius 1 is 1.28 bits per heavy atom. The highest BCUT2D eigenvalue weighted by atomic mass is 19.1. The summed E-state index contributed by atoms with van der Waals surface area (Å²) in [6.07, 6.45) is 3.97. The maximum absolute atomic E-state index is 12.9. The van der Waals surface area contributed by atoms with E-state index in [4.69, 9.17) is 0 Å². The summed E-state index contributed by atoms with van der Waals surface area (Å²) in [6.45, 7) is 1.68. The Labute approximate surface area is 145 Å². The molecule has 0 radical (unpaired) electrons. The fraction of sp³-hybridized carbons (Fsp3) is 0.389. The van der Waals surface area contributed by atoms with E-state index in [0.29, 0.717) is 12.1 Å². The molecule has 2 N–H and O–H groups in total. The summed E-state index contributed by atoms with van der Waals surface area (Å²) in [4.78, 5) is 26.2. The molecular formula is C18H21FN4O2. The van der Waals surface area contributed by atoms with Crippen molar-refractivity contribution >= 4 is 11.8 Å². The highest BCUT2D eigenvalue weighted by Gasteiger charge is 2.25. The van der Waals surface area contributed by atoms with Gasteiger partial charge >= 0.3 is 0 Å². The molecule has 2 amide bonds. The molecule has 0 unspecified atom stereocenters. The predicted octanol–water partition coefficient (Wildman–Crippen LogP) is 2.07. The molecule has 2 heterocycles. The second kappa shape index (κ2) is 7.92. The molecule has 7 heteroatoms. The van der Waals surface area contributed by atoms with Gasteiger partial charge in [-0.2, -0.15) is 5.10 Å². The quantitative estimate of drug-likeness (QED) is 0.872. The van der Waals surface area contributed by atoms with Crippen LogP contribution in [0.2, 0.25) is 0 Å². The van der Waals surface area contributed by atoms with E-state index in [1.165, 1.54) is 24.3 Å². The lowest BCUT2D eigenvalue weighted by Gasteiger charge is -2.32. The molecule has 2 aromatic rings. The van der Waals surface area contributed by atoms with Crippen molar-refractivity contribution in [2.24, 2.45) is 0 Å². The smallest absolute Gasteiger partial charge is 0.251 e. The number of carbonyl (C=O) groups excluding carboxylic acids is 2. The van der Waals surface area contributed by atoms with Crippen LogP contribution in [0.25, 0.3) is 0 Å². The van der Waals surface area contributed by atoms with Crippen LogP contribution in [0.3, 0.4) is 0 Å². The molecule has 1 aromatic heterocycles. The maximum atomic E-state index is 12.9. The number of hydrogen-bond acceptors (Lipinski definition) is 3. The number of benzene rings is 1. The predicted molar refractivity (Wildman–Crippen MR) is 90.5 cm³/mol. The first kappa shape index (κ1) is 17.1. The molecule has 1 aromatic carbocycles. The molecule has 0 bridgehead atoms. The molecule has 132 valence electrons. The third-order valence-corrected chi connectivity index (χ3v) is 4.47. The number of nitrogens with zero attached hydrogens (tertiary/aromatic N) is 2. The lowest BCUT2D eigenvalue weighted by molar-refractivity contribution is -0.132. The second-order valence-corrected chi connectivity index (χ2v) is 6.20. The molecule has 3 rings (SSSR count). The van der Waals surface area contributed by atoms with Gasteiger partial charge in [0.25, 0.3) is 5.91 Å². The van der Waals surface area contributed by atoms with Gasteiger partial charge in [0.05, 0.1) is 0 Å². The van der Waals surface area contributed by atoms with E-state index in [2.05, 4.69) is 15.5 Å². The zero-order chi connectivity index (χ0) is 17.6. The van der Waals surface area contributed by atoms with E-state index in [9.17, 15) is 14.0 Å². The Kier molecular flexibility index (Phi) is 5.42. The van der Waals surface area contributed by atoms with Crippen molar-refractivity contribution < 1.29 is 14.0 Å². The number of hydrogen-bond donors (Lipinski definition) is 2. The number of rotatable bonds is 5. The van der Waals surface area contributed by atoms with E-state index < -0.39 is 0 Å². The van der Waals surface area contributed by atoms with Gasteiger partial charge in [0.1, 0.15) is 5.82 Å². The Bertz CT molecular complexity index is 715. The maximum Gasteiger partial charge on any atom is 0.251 e. The van der Waals surface area contributed by atoms with Crippen molar-refractivity contribution in [1.82, 2.24) is 20.4 Å². The molecule has 1 aliphatic rings. The lowest BCUT2D eigenvalue weighted by Crippen LogP contribution is -2.40. The van der Waals surface area contributed by atoms with Gasteiger partial charge in [0, 0.05) is 49.4 Å². The summed E-state index contributed by atoms with van der Waals surface area (Å²) in [5, 5.41) is 9.65. The number of halogens is 1. The first-order chi connectivity index (χ1) is 12.1. The summed E-state index contributed by atoms with van der Waals surface area (Å²) in [5.74, 6) is -0.372. The van der Waals surface area contributed by atoms with Crippen molar-refractivity contribution in [1.29, 1.82) is 0 Å². The lowest BCUT2D eigenvalue weighted by atomic mass is 9.95. The molecular weight excluding hydrogens is 323 g/mol. The van der Waals surface area contributed by atoms with Crippen LogP contribution in [0.15, 0.2) is 36.5 Å². The van der Waals surface area contributed by atoms with Gasteiger partial charge in [0.2, 0.25) is 5.91 Å². The highest BCUT2D eigenvalue weighted by molar-refractivity contribution is 5.94. The minimum absolute atomic E-state index is 0.0311. The van der Waals surface area contributed by atoms with Gasteiger partial charge in [-0.1, -0.05) is 0 Å². The third kappa shape index (κ3) is 4.43. The molecule has 6 nitrogen and oxygen atoms in total. The van der Waals surface area contributed by atoms with Crippen LogP contribution in [-0.4, -0.2) is 46.5 Å². The van der Waals surface area contributed by atoms with Crippen LogP contribution in [0, 0.1) is 5.82 Å². The van der Waals surface area contributed by atoms with Crippen molar-refractivity contribution in [2.45, 2.75) is 25.2 Å². The second-order valence-electron chi connectivity index (χ2n) is 6.20. The molecule has 1 fully saturated rings. The number of nitrogens with one attached hydrogen (secondary N) is 2. The van der Waals surface area contributed by atoms with Crippen molar-refractivity contribution in [3.63, 3.8) is 0 Å². The number of H-pyrrole nitrogens is 1. The standard InChI is InChI=1S/C18H21FN4O2/c19-15-5-3-13(4-6-15)18(25)20-9-8-17(24)23-11-1-2-14(12-23)16-7-10-21-22-16/h3-7,10,14H,1-2,8-9,11-12H2,(H,20,25)(H,21,22)/t14-/m0/s1. The molecule has 0 spiro atoms. The zero-order valence-corrected chi connectivity index (χ0v) is 13.9. The zero-order valence-electron chi connectivity index (χ0n) is 13.9. The first-order valence-electron chi connectivity index (χ1n) is 8.44. The Morgan fingerprint density at radius 2 is 2.08 bits per heavy atom. The number of aromatic amines is 1. The molecule has 1 aliphatic heterocycles. The normalized spacial score (nSPS) is 17.3. The van der Waals surface area contributed by atoms with Crippen LogP contribution in [0.4, 0.5) is 4.39 Å². The van der Waals surface area contributed by atoms with E-state index in [0.717, 1.165) is 25.1 Å². The van der Waals surface area contributed by atoms with E-state index in [1.807, 2.05) is 11.0 Å². The largest absolute Gasteiger partial charge is 0.352 e. The van der Waals surface area contributed by atoms with Gasteiger partial charge in [-0.3, -0.25) is 14.7 Å². The number of carbonyl (C=O) groups is 2. The van der Waals surface area contributed by atoms with Gasteiger partial charge in [0.15, 0.2) is 0 Å². The topological polar surface area (TPSA) is 78.1 Å². The Morgan fingerprint density at radius 3 is 2.80 bits per heavy atom.